The summed E-state index contributed by atoms with van der Waals surface area (Å²) in [7, 11) is 4.03. The maximum absolute atomic E-state index is 3.56. The minimum atomic E-state index is 0. The molecule has 29 heavy (non-hydrogen) atoms. The lowest BCUT2D eigenvalue weighted by Gasteiger charge is -2.03. The Morgan fingerprint density at radius 3 is 0.793 bits per heavy atom. The van der Waals surface area contributed by atoms with Gasteiger partial charge in [-0.15, -0.1) is 19.0 Å². The van der Waals surface area contributed by atoms with Gasteiger partial charge in [-0.05, 0) is 14.1 Å². The van der Waals surface area contributed by atoms with E-state index in [0.717, 1.165) is 6.54 Å². The van der Waals surface area contributed by atoms with Gasteiger partial charge in [0.1, 0.15) is 0 Å². The van der Waals surface area contributed by atoms with E-state index in [1.807, 2.05) is 20.2 Å². The summed E-state index contributed by atoms with van der Waals surface area (Å²) < 4.78 is 0. The van der Waals surface area contributed by atoms with Crippen LogP contribution >= 0.6 is 12.4 Å². The van der Waals surface area contributed by atoms with Crippen molar-refractivity contribution >= 4 is 12.4 Å². The Balaban J connectivity index is -0.000000837. The van der Waals surface area contributed by atoms with Gasteiger partial charge in [0.15, 0.2) is 0 Å². The largest absolute Gasteiger partial charge is 0.306 e. The predicted molar refractivity (Wildman–Crippen MR) is 140 cm³/mol. The van der Waals surface area contributed by atoms with Crippen LogP contribution in [0.25, 0.3) is 0 Å². The Labute approximate surface area is 192 Å². The maximum Gasteiger partial charge on any atom is 0.0154 e. The molecule has 1 nitrogen and oxygen atoms in total. The molecule has 0 atom stereocenters. The van der Waals surface area contributed by atoms with Gasteiger partial charge in [0.05, 0.1) is 0 Å². The van der Waals surface area contributed by atoms with Gasteiger partial charge in [-0.25, -0.2) is 0 Å². The lowest BCUT2D eigenvalue weighted by molar-refractivity contribution is 0.457. The molecule has 0 aromatic carbocycles. The molecule has 0 saturated carbocycles. The molecule has 0 spiro atoms. The van der Waals surface area contributed by atoms with Crippen LogP contribution in [0.3, 0.4) is 0 Å². The average molecular weight is 432 g/mol. The van der Waals surface area contributed by atoms with Crippen molar-refractivity contribution in [3.05, 3.63) is 12.7 Å². The van der Waals surface area contributed by atoms with E-state index in [-0.39, 0.29) is 12.4 Å². The molecule has 0 aliphatic carbocycles. The van der Waals surface area contributed by atoms with Crippen LogP contribution in [0.15, 0.2) is 12.7 Å². The normalized spacial score (nSPS) is 10.4. The van der Waals surface area contributed by atoms with Crippen molar-refractivity contribution in [3.63, 3.8) is 0 Å². The van der Waals surface area contributed by atoms with Crippen LogP contribution in [0.5, 0.6) is 0 Å². The van der Waals surface area contributed by atoms with Gasteiger partial charge in [0.25, 0.3) is 0 Å². The van der Waals surface area contributed by atoms with E-state index in [4.69, 9.17) is 0 Å². The van der Waals surface area contributed by atoms with Gasteiger partial charge in [-0.2, -0.15) is 0 Å². The molecule has 0 aromatic heterocycles. The first-order chi connectivity index (χ1) is 13.7. The summed E-state index contributed by atoms with van der Waals surface area (Å²) >= 11 is 0. The number of halogens is 1. The lowest BCUT2D eigenvalue weighted by Crippen LogP contribution is -2.09. The second kappa shape index (κ2) is 32.6. The minimum absolute atomic E-state index is 0. The highest BCUT2D eigenvalue weighted by Crippen LogP contribution is 2.14. The van der Waals surface area contributed by atoms with Crippen molar-refractivity contribution in [3.8, 4) is 0 Å². The van der Waals surface area contributed by atoms with Gasteiger partial charge in [0, 0.05) is 6.54 Å². The number of likely N-dealkylation sites (N-methyl/N-ethyl adjacent to an activating group) is 1. The molecule has 0 heterocycles. The molecular formula is C27H58ClN. The van der Waals surface area contributed by atoms with Crippen molar-refractivity contribution in [2.45, 2.75) is 142 Å². The first kappa shape index (κ1) is 33.6. The second-order valence-electron chi connectivity index (χ2n) is 8.91. The van der Waals surface area contributed by atoms with Gasteiger partial charge < -0.3 is 4.90 Å². The molecule has 0 amide bonds. The van der Waals surface area contributed by atoms with E-state index in [0.29, 0.717) is 0 Å². The fraction of sp³-hybridized carbons (Fsp3) is 0.926. The standard InChI is InChI=1S/C22H46.C5H11N.ClH/c1-3-5-7-9-11-13-15-17-19-21-22-20-18-16-14-12-10-8-6-4-2;1-4-5-6(2)3;/h3-22H2,1-2H3;4H,1,5H2,2-3H3;1H. The molecule has 0 rings (SSSR count). The Hall–Kier alpha value is -0.0100. The zero-order valence-corrected chi connectivity index (χ0v) is 21.8. The number of nitrogens with zero attached hydrogens (tertiary/aromatic N) is 1. The third-order valence-corrected chi connectivity index (χ3v) is 5.45. The van der Waals surface area contributed by atoms with Crippen LogP contribution in [0.4, 0.5) is 0 Å². The summed E-state index contributed by atoms with van der Waals surface area (Å²) in [5.41, 5.74) is 0. The molecule has 0 unspecified atom stereocenters. The van der Waals surface area contributed by atoms with Crippen molar-refractivity contribution in [1.82, 2.24) is 4.90 Å². The van der Waals surface area contributed by atoms with E-state index in [1.165, 1.54) is 128 Å². The third kappa shape index (κ3) is 39.1. The first-order valence-electron chi connectivity index (χ1n) is 12.9. The van der Waals surface area contributed by atoms with E-state index in [1.54, 1.807) is 0 Å². The van der Waals surface area contributed by atoms with Crippen LogP contribution in [0.2, 0.25) is 0 Å². The molecule has 0 saturated heterocycles. The summed E-state index contributed by atoms with van der Waals surface area (Å²) in [6, 6.07) is 0. The number of unbranched alkanes of at least 4 members (excludes halogenated alkanes) is 19. The Morgan fingerprint density at radius 2 is 0.690 bits per heavy atom. The van der Waals surface area contributed by atoms with Gasteiger partial charge in [-0.1, -0.05) is 148 Å². The van der Waals surface area contributed by atoms with E-state index < -0.39 is 0 Å². The molecular weight excluding hydrogens is 374 g/mol. The predicted octanol–water partition coefficient (Wildman–Crippen LogP) is 9.98. The van der Waals surface area contributed by atoms with Crippen molar-refractivity contribution in [2.24, 2.45) is 0 Å². The first-order valence-corrected chi connectivity index (χ1v) is 12.9. The van der Waals surface area contributed by atoms with Crippen molar-refractivity contribution in [1.29, 1.82) is 0 Å². The fourth-order valence-corrected chi connectivity index (χ4v) is 3.59. The summed E-state index contributed by atoms with van der Waals surface area (Å²) in [5, 5.41) is 0. The Morgan fingerprint density at radius 1 is 0.483 bits per heavy atom. The third-order valence-electron chi connectivity index (χ3n) is 5.45. The lowest BCUT2D eigenvalue weighted by atomic mass is 10.0. The minimum Gasteiger partial charge on any atom is -0.306 e. The van der Waals surface area contributed by atoms with Gasteiger partial charge in [0.2, 0.25) is 0 Å². The van der Waals surface area contributed by atoms with E-state index in [2.05, 4.69) is 25.3 Å². The number of rotatable bonds is 21. The molecule has 0 aliphatic rings. The van der Waals surface area contributed by atoms with Crippen LogP contribution in [-0.2, 0) is 0 Å². The molecule has 0 fully saturated rings. The van der Waals surface area contributed by atoms with Gasteiger partial charge in [-0.3, -0.25) is 0 Å². The Kier molecular flexibility index (Phi) is 37.9. The summed E-state index contributed by atoms with van der Waals surface area (Å²) in [4.78, 5) is 2.06. The summed E-state index contributed by atoms with van der Waals surface area (Å²) in [6.45, 7) is 9.13. The molecule has 0 bridgehead atoms. The quantitative estimate of drug-likeness (QED) is 0.129. The van der Waals surface area contributed by atoms with Gasteiger partial charge >= 0.3 is 0 Å². The Bertz CT molecular complexity index is 245. The molecule has 0 aliphatic heterocycles. The molecule has 0 aromatic rings. The monoisotopic (exact) mass is 431 g/mol. The van der Waals surface area contributed by atoms with Crippen LogP contribution < -0.4 is 0 Å². The highest BCUT2D eigenvalue weighted by Gasteiger charge is 1.94. The molecule has 178 valence electrons. The number of hydrogen-bond donors (Lipinski definition) is 0. The van der Waals surface area contributed by atoms with Crippen LogP contribution in [0, 0.1) is 0 Å². The van der Waals surface area contributed by atoms with Crippen LogP contribution in [-0.4, -0.2) is 25.5 Å². The molecule has 0 N–H and O–H groups in total. The zero-order chi connectivity index (χ0) is 21.1. The zero-order valence-electron chi connectivity index (χ0n) is 21.0. The molecule has 2 heteroatoms. The number of hydrogen-bond acceptors (Lipinski definition) is 1. The topological polar surface area (TPSA) is 3.24 Å². The smallest absolute Gasteiger partial charge is 0.0154 e. The van der Waals surface area contributed by atoms with E-state index in [9.17, 15) is 0 Å². The van der Waals surface area contributed by atoms with Crippen molar-refractivity contribution in [2.75, 3.05) is 20.6 Å². The van der Waals surface area contributed by atoms with Crippen LogP contribution in [0.1, 0.15) is 142 Å². The SMILES string of the molecule is C=CCN(C)C.CCCCCCCCCCCCCCCCCCCCCC.Cl. The summed E-state index contributed by atoms with van der Waals surface area (Å²) in [6.07, 6.45) is 31.3. The van der Waals surface area contributed by atoms with E-state index >= 15 is 0 Å². The molecule has 0 radical (unpaired) electrons. The highest BCUT2D eigenvalue weighted by atomic mass is 35.5. The average Bonchev–Trinajstić information content (AvgIpc) is 2.67. The fourth-order valence-electron chi connectivity index (χ4n) is 3.59. The second-order valence-corrected chi connectivity index (χ2v) is 8.91. The highest BCUT2D eigenvalue weighted by molar-refractivity contribution is 5.85. The maximum atomic E-state index is 3.56. The van der Waals surface area contributed by atoms with Crippen molar-refractivity contribution < 1.29 is 0 Å². The summed E-state index contributed by atoms with van der Waals surface area (Å²) in [5.74, 6) is 0.